The lowest BCUT2D eigenvalue weighted by Crippen LogP contribution is -2.38. The molecular weight excluding hydrogens is 400 g/mol. The van der Waals surface area contributed by atoms with E-state index in [9.17, 15) is 0 Å². The number of hydrogen-bond acceptors (Lipinski definition) is 4. The normalized spacial score (nSPS) is 18.9. The van der Waals surface area contributed by atoms with Crippen LogP contribution in [0.15, 0.2) is 60.8 Å². The molecule has 0 amide bonds. The number of hydrogen-bond donors (Lipinski definition) is 0. The summed E-state index contributed by atoms with van der Waals surface area (Å²) >= 11 is 0. The summed E-state index contributed by atoms with van der Waals surface area (Å²) in [5.74, 6) is 3.22. The van der Waals surface area contributed by atoms with E-state index < -0.39 is 0 Å². The molecule has 1 atom stereocenters. The fourth-order valence-corrected chi connectivity index (χ4v) is 5.21. The van der Waals surface area contributed by atoms with Crippen LogP contribution in [0.2, 0.25) is 0 Å². The molecule has 0 saturated carbocycles. The molecule has 0 aliphatic carbocycles. The Bertz CT molecular complexity index is 1050. The third-order valence-electron chi connectivity index (χ3n) is 6.97. The molecule has 32 heavy (non-hydrogen) atoms. The van der Waals surface area contributed by atoms with E-state index in [2.05, 4.69) is 58.1 Å². The Morgan fingerprint density at radius 3 is 2.59 bits per heavy atom. The van der Waals surface area contributed by atoms with E-state index in [1.54, 1.807) is 14.2 Å². The molecular formula is C27H32N2O3. The van der Waals surface area contributed by atoms with Gasteiger partial charge in [-0.3, -0.25) is 0 Å². The van der Waals surface area contributed by atoms with Gasteiger partial charge in [0.2, 0.25) is 0 Å². The summed E-state index contributed by atoms with van der Waals surface area (Å²) < 4.78 is 20.1. The van der Waals surface area contributed by atoms with Crippen LogP contribution in [0.4, 0.5) is 0 Å². The van der Waals surface area contributed by atoms with Gasteiger partial charge in [-0.2, -0.15) is 0 Å². The zero-order chi connectivity index (χ0) is 21.9. The van der Waals surface area contributed by atoms with Crippen LogP contribution < -0.4 is 14.2 Å². The summed E-state index contributed by atoms with van der Waals surface area (Å²) in [6, 6.07) is 19.0. The second-order valence-electron chi connectivity index (χ2n) is 8.79. The first kappa shape index (κ1) is 21.0. The molecule has 0 bridgehead atoms. The van der Waals surface area contributed by atoms with E-state index in [4.69, 9.17) is 14.2 Å². The SMILES string of the molecule is COc1cccc(CCN2CCC(C3Oc4ccccc4Cn4cccc43)CC2)c1OC. The Morgan fingerprint density at radius 1 is 0.938 bits per heavy atom. The van der Waals surface area contributed by atoms with Gasteiger partial charge in [0.1, 0.15) is 11.9 Å². The number of para-hydroxylation sites is 2. The van der Waals surface area contributed by atoms with Gasteiger partial charge in [-0.05, 0) is 62.2 Å². The lowest BCUT2D eigenvalue weighted by atomic mass is 9.89. The molecule has 5 nitrogen and oxygen atoms in total. The molecule has 0 N–H and O–H groups in total. The molecule has 2 aliphatic rings. The summed E-state index contributed by atoms with van der Waals surface area (Å²) in [7, 11) is 3.41. The monoisotopic (exact) mass is 432 g/mol. The van der Waals surface area contributed by atoms with Gasteiger partial charge >= 0.3 is 0 Å². The van der Waals surface area contributed by atoms with Crippen LogP contribution in [-0.2, 0) is 13.0 Å². The van der Waals surface area contributed by atoms with Crippen LogP contribution in [0.5, 0.6) is 17.2 Å². The molecule has 3 heterocycles. The first-order valence-corrected chi connectivity index (χ1v) is 11.6. The highest BCUT2D eigenvalue weighted by Crippen LogP contribution is 2.39. The minimum atomic E-state index is 0.120. The number of ether oxygens (including phenoxy) is 3. The van der Waals surface area contributed by atoms with Gasteiger partial charge in [-0.15, -0.1) is 0 Å². The smallest absolute Gasteiger partial charge is 0.163 e. The first-order chi connectivity index (χ1) is 15.8. The highest BCUT2D eigenvalue weighted by Gasteiger charge is 2.33. The standard InChI is InChI=1S/C27H32N2O3/c1-30-25-11-5-8-20(27(25)31-2)12-16-28-17-13-21(14-18-28)26-23-9-6-15-29(23)19-22-7-3-4-10-24(22)32-26/h3-11,15,21,26H,12-14,16-19H2,1-2H3. The van der Waals surface area contributed by atoms with E-state index in [-0.39, 0.29) is 6.10 Å². The molecule has 1 fully saturated rings. The molecule has 1 unspecified atom stereocenters. The Morgan fingerprint density at radius 2 is 1.78 bits per heavy atom. The number of methoxy groups -OCH3 is 2. The maximum absolute atomic E-state index is 6.63. The van der Waals surface area contributed by atoms with Crippen molar-refractivity contribution < 1.29 is 14.2 Å². The zero-order valence-corrected chi connectivity index (χ0v) is 19.0. The van der Waals surface area contributed by atoms with Crippen LogP contribution >= 0.6 is 0 Å². The molecule has 5 rings (SSSR count). The highest BCUT2D eigenvalue weighted by atomic mass is 16.5. The van der Waals surface area contributed by atoms with Crippen molar-refractivity contribution in [1.82, 2.24) is 9.47 Å². The Kier molecular flexibility index (Phi) is 6.08. The quantitative estimate of drug-likeness (QED) is 0.553. The molecule has 1 aromatic heterocycles. The summed E-state index contributed by atoms with van der Waals surface area (Å²) in [5, 5.41) is 0. The van der Waals surface area contributed by atoms with E-state index in [1.165, 1.54) is 16.8 Å². The summed E-state index contributed by atoms with van der Waals surface area (Å²) in [6.07, 6.45) is 5.56. The van der Waals surface area contributed by atoms with Crippen LogP contribution in [0.3, 0.4) is 0 Å². The predicted octanol–water partition coefficient (Wildman–Crippen LogP) is 4.94. The first-order valence-electron chi connectivity index (χ1n) is 11.6. The second kappa shape index (κ2) is 9.29. The Hall–Kier alpha value is -2.92. The van der Waals surface area contributed by atoms with Crippen LogP contribution in [-0.4, -0.2) is 43.3 Å². The zero-order valence-electron chi connectivity index (χ0n) is 19.0. The number of likely N-dealkylation sites (tertiary alicyclic amines) is 1. The number of nitrogens with zero attached hydrogens (tertiary/aromatic N) is 2. The molecule has 3 aromatic rings. The molecule has 1 saturated heterocycles. The van der Waals surface area contributed by atoms with Gasteiger partial charge < -0.3 is 23.7 Å². The minimum Gasteiger partial charge on any atom is -0.493 e. The van der Waals surface area contributed by atoms with Gasteiger partial charge in [0.15, 0.2) is 11.5 Å². The number of benzene rings is 2. The van der Waals surface area contributed by atoms with Crippen LogP contribution in [0, 0.1) is 5.92 Å². The maximum Gasteiger partial charge on any atom is 0.163 e. The molecule has 0 radical (unpaired) electrons. The average molecular weight is 433 g/mol. The Balaban J connectivity index is 1.24. The fourth-order valence-electron chi connectivity index (χ4n) is 5.21. The predicted molar refractivity (Wildman–Crippen MR) is 126 cm³/mol. The lowest BCUT2D eigenvalue weighted by molar-refractivity contribution is 0.0744. The van der Waals surface area contributed by atoms with Gasteiger partial charge in [0, 0.05) is 24.2 Å². The van der Waals surface area contributed by atoms with Crippen molar-refractivity contribution in [1.29, 1.82) is 0 Å². The van der Waals surface area contributed by atoms with E-state index in [0.29, 0.717) is 5.92 Å². The molecule has 5 heteroatoms. The number of rotatable bonds is 6. The van der Waals surface area contributed by atoms with Crippen molar-refractivity contribution in [2.24, 2.45) is 5.92 Å². The fraction of sp³-hybridized carbons (Fsp3) is 0.407. The third-order valence-corrected chi connectivity index (χ3v) is 6.97. The van der Waals surface area contributed by atoms with Gasteiger partial charge in [-0.25, -0.2) is 0 Å². The van der Waals surface area contributed by atoms with Gasteiger partial charge in [0.25, 0.3) is 0 Å². The molecule has 168 valence electrons. The van der Waals surface area contributed by atoms with Crippen molar-refractivity contribution in [3.63, 3.8) is 0 Å². The van der Waals surface area contributed by atoms with E-state index in [1.807, 2.05) is 12.1 Å². The lowest BCUT2D eigenvalue weighted by Gasteiger charge is -2.36. The van der Waals surface area contributed by atoms with Gasteiger partial charge in [0.05, 0.1) is 26.5 Å². The number of piperidine rings is 1. The van der Waals surface area contributed by atoms with Crippen molar-refractivity contribution in [2.45, 2.75) is 31.9 Å². The summed E-state index contributed by atoms with van der Waals surface area (Å²) in [4.78, 5) is 2.57. The van der Waals surface area contributed by atoms with E-state index in [0.717, 1.165) is 62.7 Å². The van der Waals surface area contributed by atoms with Crippen molar-refractivity contribution in [3.8, 4) is 17.2 Å². The van der Waals surface area contributed by atoms with E-state index >= 15 is 0 Å². The Labute approximate surface area is 190 Å². The van der Waals surface area contributed by atoms with Crippen molar-refractivity contribution >= 4 is 0 Å². The van der Waals surface area contributed by atoms with Crippen LogP contribution in [0.1, 0.15) is 35.8 Å². The topological polar surface area (TPSA) is 35.9 Å². The summed E-state index contributed by atoms with van der Waals surface area (Å²) in [6.45, 7) is 4.11. The molecule has 0 spiro atoms. The molecule has 2 aromatic carbocycles. The second-order valence-corrected chi connectivity index (χ2v) is 8.79. The largest absolute Gasteiger partial charge is 0.493 e. The van der Waals surface area contributed by atoms with Crippen molar-refractivity contribution in [2.75, 3.05) is 33.9 Å². The molecule has 2 aliphatic heterocycles. The number of fused-ring (bicyclic) bond motifs is 2. The maximum atomic E-state index is 6.63. The minimum absolute atomic E-state index is 0.120. The highest BCUT2D eigenvalue weighted by molar-refractivity contribution is 5.46. The van der Waals surface area contributed by atoms with Crippen LogP contribution in [0.25, 0.3) is 0 Å². The van der Waals surface area contributed by atoms with Gasteiger partial charge in [-0.1, -0.05) is 30.3 Å². The summed E-state index contributed by atoms with van der Waals surface area (Å²) in [5.41, 5.74) is 3.77. The third kappa shape index (κ3) is 4.09. The number of aromatic nitrogens is 1. The van der Waals surface area contributed by atoms with Crippen molar-refractivity contribution in [3.05, 3.63) is 77.6 Å². The average Bonchev–Trinajstić information content (AvgIpc) is 3.23.